The Balaban J connectivity index is 1.49. The number of piperidine rings is 1. The third-order valence-electron chi connectivity index (χ3n) is 6.09. The lowest BCUT2D eigenvalue weighted by molar-refractivity contribution is -0.0456. The van der Waals surface area contributed by atoms with E-state index in [1.165, 1.54) is 45.3 Å². The van der Waals surface area contributed by atoms with Crippen LogP contribution in [-0.2, 0) is 4.74 Å². The van der Waals surface area contributed by atoms with Gasteiger partial charge < -0.3 is 19.7 Å². The van der Waals surface area contributed by atoms with Crippen molar-refractivity contribution in [3.8, 4) is 5.75 Å². The van der Waals surface area contributed by atoms with Crippen molar-refractivity contribution in [3.63, 3.8) is 0 Å². The first-order valence-electron chi connectivity index (χ1n) is 9.93. The molecule has 2 saturated heterocycles. The summed E-state index contributed by atoms with van der Waals surface area (Å²) in [6, 6.07) is 8.57. The van der Waals surface area contributed by atoms with Gasteiger partial charge in [-0.25, -0.2) is 0 Å². The van der Waals surface area contributed by atoms with Crippen molar-refractivity contribution in [1.82, 2.24) is 4.90 Å². The van der Waals surface area contributed by atoms with E-state index in [4.69, 9.17) is 9.47 Å². The van der Waals surface area contributed by atoms with E-state index in [1.54, 1.807) is 7.11 Å². The van der Waals surface area contributed by atoms with Gasteiger partial charge in [0.2, 0.25) is 0 Å². The molecule has 4 heteroatoms. The highest BCUT2D eigenvalue weighted by molar-refractivity contribution is 5.49. The van der Waals surface area contributed by atoms with E-state index >= 15 is 0 Å². The van der Waals surface area contributed by atoms with Crippen molar-refractivity contribution in [1.29, 1.82) is 0 Å². The lowest BCUT2D eigenvalue weighted by Crippen LogP contribution is -2.45. The molecule has 1 spiro atoms. The fraction of sp³-hybridized carbons (Fsp3) is 0.714. The minimum Gasteiger partial charge on any atom is -0.497 e. The fourth-order valence-corrected chi connectivity index (χ4v) is 4.29. The molecule has 1 N–H and O–H groups in total. The number of hydrogen-bond donors (Lipinski definition) is 1. The molecule has 2 heterocycles. The monoisotopic (exact) mass is 346 g/mol. The minimum absolute atomic E-state index is 0.0982. The molecule has 1 unspecified atom stereocenters. The smallest absolute Gasteiger partial charge is 0.120 e. The van der Waals surface area contributed by atoms with Crippen LogP contribution in [0.3, 0.4) is 0 Å². The molecule has 4 nitrogen and oxygen atoms in total. The molecule has 2 aliphatic heterocycles. The van der Waals surface area contributed by atoms with Gasteiger partial charge in [-0.15, -0.1) is 0 Å². The molecule has 1 aromatic carbocycles. The molecule has 25 heavy (non-hydrogen) atoms. The summed E-state index contributed by atoms with van der Waals surface area (Å²) in [5.74, 6) is 1.74. The zero-order chi connectivity index (χ0) is 17.7. The summed E-state index contributed by atoms with van der Waals surface area (Å²) >= 11 is 0. The number of nitrogens with zero attached hydrogens (tertiary/aromatic N) is 1. The molecule has 0 saturated carbocycles. The van der Waals surface area contributed by atoms with Gasteiger partial charge in [-0.3, -0.25) is 0 Å². The number of hydrogen-bond acceptors (Lipinski definition) is 4. The highest BCUT2D eigenvalue weighted by Crippen LogP contribution is 2.37. The quantitative estimate of drug-likeness (QED) is 0.803. The van der Waals surface area contributed by atoms with Crippen LogP contribution < -0.4 is 10.1 Å². The maximum atomic E-state index is 6.31. The van der Waals surface area contributed by atoms with Crippen LogP contribution in [0.15, 0.2) is 24.3 Å². The maximum absolute atomic E-state index is 6.31. The second-order valence-electron chi connectivity index (χ2n) is 7.75. The number of benzene rings is 1. The highest BCUT2D eigenvalue weighted by Gasteiger charge is 2.42. The Hall–Kier alpha value is -1.26. The Bertz CT molecular complexity index is 536. The molecule has 0 bridgehead atoms. The van der Waals surface area contributed by atoms with E-state index in [9.17, 15) is 0 Å². The van der Waals surface area contributed by atoms with Crippen LogP contribution in [0.4, 0.5) is 5.69 Å². The van der Waals surface area contributed by atoms with Gasteiger partial charge in [-0.05, 0) is 37.3 Å². The van der Waals surface area contributed by atoms with Crippen molar-refractivity contribution < 1.29 is 9.47 Å². The van der Waals surface area contributed by atoms with Crippen molar-refractivity contribution in [3.05, 3.63) is 24.3 Å². The van der Waals surface area contributed by atoms with Crippen molar-refractivity contribution in [2.24, 2.45) is 5.92 Å². The fourth-order valence-electron chi connectivity index (χ4n) is 4.29. The van der Waals surface area contributed by atoms with Crippen molar-refractivity contribution >= 4 is 5.69 Å². The van der Waals surface area contributed by atoms with E-state index in [1.807, 2.05) is 12.1 Å². The molecule has 2 aliphatic rings. The lowest BCUT2D eigenvalue weighted by Gasteiger charge is -2.39. The molecule has 0 radical (unpaired) electrons. The van der Waals surface area contributed by atoms with E-state index in [2.05, 4.69) is 36.2 Å². The average molecular weight is 347 g/mol. The van der Waals surface area contributed by atoms with E-state index in [0.717, 1.165) is 30.4 Å². The van der Waals surface area contributed by atoms with Crippen LogP contribution in [0, 0.1) is 5.92 Å². The maximum Gasteiger partial charge on any atom is 0.120 e. The zero-order valence-corrected chi connectivity index (χ0v) is 16.1. The first-order chi connectivity index (χ1) is 12.2. The van der Waals surface area contributed by atoms with E-state index in [0.29, 0.717) is 6.04 Å². The largest absolute Gasteiger partial charge is 0.497 e. The predicted octanol–water partition coefficient (Wildman–Crippen LogP) is 4.17. The number of rotatable bonds is 7. The average Bonchev–Trinajstić information content (AvgIpc) is 3.03. The van der Waals surface area contributed by atoms with Crippen LogP contribution in [0.5, 0.6) is 5.75 Å². The topological polar surface area (TPSA) is 33.7 Å². The molecule has 1 aromatic rings. The van der Waals surface area contributed by atoms with E-state index < -0.39 is 0 Å². The number of anilines is 1. The Morgan fingerprint density at radius 3 is 2.72 bits per heavy atom. The first kappa shape index (κ1) is 18.5. The summed E-state index contributed by atoms with van der Waals surface area (Å²) in [6.07, 6.45) is 6.04. The summed E-state index contributed by atoms with van der Waals surface area (Å²) < 4.78 is 11.6. The zero-order valence-electron chi connectivity index (χ0n) is 16.1. The Morgan fingerprint density at radius 1 is 1.28 bits per heavy atom. The molecule has 1 atom stereocenters. The summed E-state index contributed by atoms with van der Waals surface area (Å²) in [4.78, 5) is 2.65. The normalized spacial score (nSPS) is 23.3. The summed E-state index contributed by atoms with van der Waals surface area (Å²) in [6.45, 7) is 9.06. The number of ether oxygens (including phenoxy) is 2. The van der Waals surface area contributed by atoms with Crippen molar-refractivity contribution in [2.45, 2.75) is 57.6 Å². The molecule has 0 aliphatic carbocycles. The molecule has 0 amide bonds. The third kappa shape index (κ3) is 4.68. The van der Waals surface area contributed by atoms with Gasteiger partial charge in [-0.1, -0.05) is 32.8 Å². The summed E-state index contributed by atoms with van der Waals surface area (Å²) in [5.41, 5.74) is 1.22. The van der Waals surface area contributed by atoms with Crippen LogP contribution in [0.2, 0.25) is 0 Å². The van der Waals surface area contributed by atoms with Gasteiger partial charge in [0.1, 0.15) is 5.75 Å². The van der Waals surface area contributed by atoms with Gasteiger partial charge in [0, 0.05) is 31.4 Å². The van der Waals surface area contributed by atoms with Crippen LogP contribution >= 0.6 is 0 Å². The lowest BCUT2D eigenvalue weighted by atomic mass is 9.86. The SMILES string of the molecule is CCC(CC)CN1CCC2(CC1)CC(Nc1cccc(OC)c1)CO2. The second kappa shape index (κ2) is 8.41. The van der Waals surface area contributed by atoms with Gasteiger partial charge in [0.25, 0.3) is 0 Å². The van der Waals surface area contributed by atoms with Crippen LogP contribution in [-0.4, -0.2) is 49.9 Å². The van der Waals surface area contributed by atoms with Gasteiger partial charge in [0.15, 0.2) is 0 Å². The standard InChI is InChI=1S/C21H34N2O2/c1-4-17(5-2)15-23-11-9-21(10-12-23)14-19(16-25-21)22-18-7-6-8-20(13-18)24-3/h6-8,13,17,19,22H,4-5,9-12,14-16H2,1-3H3. The molecule has 140 valence electrons. The molecule has 3 rings (SSSR count). The third-order valence-corrected chi connectivity index (χ3v) is 6.09. The van der Waals surface area contributed by atoms with Crippen LogP contribution in [0.1, 0.15) is 46.0 Å². The number of nitrogens with one attached hydrogen (secondary N) is 1. The molecule has 0 aromatic heterocycles. The molecular weight excluding hydrogens is 312 g/mol. The minimum atomic E-state index is 0.0982. The van der Waals surface area contributed by atoms with Crippen LogP contribution in [0.25, 0.3) is 0 Å². The van der Waals surface area contributed by atoms with Crippen molar-refractivity contribution in [2.75, 3.05) is 38.7 Å². The predicted molar refractivity (Wildman–Crippen MR) is 103 cm³/mol. The highest BCUT2D eigenvalue weighted by atomic mass is 16.5. The number of methoxy groups -OCH3 is 1. The van der Waals surface area contributed by atoms with Gasteiger partial charge in [-0.2, -0.15) is 0 Å². The molecule has 2 fully saturated rings. The Labute approximate surface area is 152 Å². The van der Waals surface area contributed by atoms with Gasteiger partial charge in [0.05, 0.1) is 25.4 Å². The number of likely N-dealkylation sites (tertiary alicyclic amines) is 1. The van der Waals surface area contributed by atoms with Gasteiger partial charge >= 0.3 is 0 Å². The summed E-state index contributed by atoms with van der Waals surface area (Å²) in [7, 11) is 1.71. The summed E-state index contributed by atoms with van der Waals surface area (Å²) in [5, 5.41) is 3.63. The Morgan fingerprint density at radius 2 is 2.04 bits per heavy atom. The van der Waals surface area contributed by atoms with E-state index in [-0.39, 0.29) is 5.60 Å². The molecular formula is C21H34N2O2. The first-order valence-corrected chi connectivity index (χ1v) is 9.93. The Kier molecular flexibility index (Phi) is 6.24. The second-order valence-corrected chi connectivity index (χ2v) is 7.75.